The predicted octanol–water partition coefficient (Wildman–Crippen LogP) is 4.09. The van der Waals surface area contributed by atoms with Crippen LogP contribution in [0.3, 0.4) is 0 Å². The van der Waals surface area contributed by atoms with Gasteiger partial charge in [-0.15, -0.1) is 0 Å². The zero-order valence-corrected chi connectivity index (χ0v) is 11.5. The number of rotatable bonds is 2. The van der Waals surface area contributed by atoms with Crippen LogP contribution in [0.25, 0.3) is 5.57 Å². The lowest BCUT2D eigenvalue weighted by atomic mass is 9.74. The topological polar surface area (TPSA) is 26.3 Å². The molecule has 0 spiro atoms. The summed E-state index contributed by atoms with van der Waals surface area (Å²) in [5.41, 5.74) is 3.95. The van der Waals surface area contributed by atoms with E-state index in [4.69, 9.17) is 4.74 Å². The van der Waals surface area contributed by atoms with Gasteiger partial charge in [0.05, 0.1) is 0 Å². The van der Waals surface area contributed by atoms with Crippen molar-refractivity contribution in [1.82, 2.24) is 0 Å². The molecule has 18 heavy (non-hydrogen) atoms. The summed E-state index contributed by atoms with van der Waals surface area (Å²) in [5.74, 6) is 0.456. The van der Waals surface area contributed by atoms with Gasteiger partial charge in [-0.3, -0.25) is 4.79 Å². The first-order chi connectivity index (χ1) is 8.44. The maximum absolute atomic E-state index is 11.3. The van der Waals surface area contributed by atoms with E-state index in [0.29, 0.717) is 12.2 Å². The summed E-state index contributed by atoms with van der Waals surface area (Å²) in [5, 5.41) is 0. The fourth-order valence-electron chi connectivity index (χ4n) is 2.34. The van der Waals surface area contributed by atoms with Crippen molar-refractivity contribution < 1.29 is 9.53 Å². The van der Waals surface area contributed by atoms with Crippen molar-refractivity contribution in [3.8, 4) is 5.75 Å². The Kier molecular flexibility index (Phi) is 3.29. The highest BCUT2D eigenvalue weighted by Crippen LogP contribution is 2.40. The van der Waals surface area contributed by atoms with E-state index >= 15 is 0 Å². The largest absolute Gasteiger partial charge is 0.427 e. The molecule has 2 heteroatoms. The summed E-state index contributed by atoms with van der Waals surface area (Å²) in [7, 11) is 0. The lowest BCUT2D eigenvalue weighted by molar-refractivity contribution is -0.134. The molecule has 0 radical (unpaired) electrons. The Morgan fingerprint density at radius 2 is 2.11 bits per heavy atom. The van der Waals surface area contributed by atoms with Gasteiger partial charge in [-0.05, 0) is 47.6 Å². The molecular formula is C16H20O2. The van der Waals surface area contributed by atoms with Gasteiger partial charge in [0.1, 0.15) is 5.75 Å². The summed E-state index contributed by atoms with van der Waals surface area (Å²) in [6.07, 6.45) is 3.71. The van der Waals surface area contributed by atoms with Gasteiger partial charge in [0.25, 0.3) is 0 Å². The Bertz CT molecular complexity index is 510. The second-order valence-electron chi connectivity index (χ2n) is 5.51. The third kappa shape index (κ3) is 2.33. The van der Waals surface area contributed by atoms with Gasteiger partial charge in [-0.2, -0.15) is 0 Å². The van der Waals surface area contributed by atoms with Gasteiger partial charge < -0.3 is 4.74 Å². The molecule has 0 N–H and O–H groups in total. The first-order valence-corrected chi connectivity index (χ1v) is 6.46. The number of hydrogen-bond donors (Lipinski definition) is 0. The van der Waals surface area contributed by atoms with Crippen molar-refractivity contribution in [1.29, 1.82) is 0 Å². The molecule has 1 aromatic rings. The van der Waals surface area contributed by atoms with Crippen molar-refractivity contribution >= 4 is 11.5 Å². The molecule has 0 fully saturated rings. The normalized spacial score (nSPS) is 16.8. The van der Waals surface area contributed by atoms with Crippen LogP contribution in [-0.4, -0.2) is 5.97 Å². The van der Waals surface area contributed by atoms with E-state index in [1.165, 1.54) is 16.7 Å². The van der Waals surface area contributed by atoms with Crippen LogP contribution in [0, 0.1) is 0 Å². The highest BCUT2D eigenvalue weighted by Gasteiger charge is 2.27. The minimum Gasteiger partial charge on any atom is -0.427 e. The van der Waals surface area contributed by atoms with E-state index in [1.807, 2.05) is 12.1 Å². The van der Waals surface area contributed by atoms with E-state index < -0.39 is 0 Å². The van der Waals surface area contributed by atoms with Gasteiger partial charge >= 0.3 is 5.97 Å². The van der Waals surface area contributed by atoms with Crippen molar-refractivity contribution in [3.05, 3.63) is 35.4 Å². The fourth-order valence-corrected chi connectivity index (χ4v) is 2.34. The zero-order valence-electron chi connectivity index (χ0n) is 11.5. The summed E-state index contributed by atoms with van der Waals surface area (Å²) in [6.45, 7) is 8.40. The number of carbonyl (C=O) groups excluding carboxylic acids is 1. The zero-order chi connectivity index (χ0) is 13.3. The van der Waals surface area contributed by atoms with Crippen molar-refractivity contribution in [2.24, 2.45) is 0 Å². The van der Waals surface area contributed by atoms with Gasteiger partial charge in [0.2, 0.25) is 0 Å². The lowest BCUT2D eigenvalue weighted by Gasteiger charge is -2.31. The smallest absolute Gasteiger partial charge is 0.310 e. The molecule has 1 aliphatic carbocycles. The minimum absolute atomic E-state index is 0.155. The van der Waals surface area contributed by atoms with Crippen molar-refractivity contribution in [3.63, 3.8) is 0 Å². The van der Waals surface area contributed by atoms with Crippen LogP contribution in [0.2, 0.25) is 0 Å². The van der Waals surface area contributed by atoms with Crippen LogP contribution >= 0.6 is 0 Å². The van der Waals surface area contributed by atoms with E-state index in [0.717, 1.165) is 6.42 Å². The number of ether oxygens (including phenoxy) is 1. The van der Waals surface area contributed by atoms with Crippen molar-refractivity contribution in [2.75, 3.05) is 0 Å². The lowest BCUT2D eigenvalue weighted by Crippen LogP contribution is -2.21. The van der Waals surface area contributed by atoms with Gasteiger partial charge in [-0.25, -0.2) is 0 Å². The van der Waals surface area contributed by atoms with E-state index in [1.54, 1.807) is 6.92 Å². The molecule has 0 saturated heterocycles. The molecule has 0 bridgehead atoms. The number of esters is 1. The Labute approximate surface area is 109 Å². The second-order valence-corrected chi connectivity index (χ2v) is 5.51. The highest BCUT2D eigenvalue weighted by molar-refractivity contribution is 5.75. The molecule has 0 heterocycles. The van der Waals surface area contributed by atoms with Crippen molar-refractivity contribution in [2.45, 2.75) is 46.0 Å². The molecule has 1 aliphatic rings. The molecule has 1 aromatic carbocycles. The number of benzene rings is 1. The number of fused-ring (bicyclic) bond motifs is 1. The first-order valence-electron chi connectivity index (χ1n) is 6.46. The van der Waals surface area contributed by atoms with Crippen LogP contribution in [-0.2, 0) is 10.2 Å². The molecule has 2 rings (SSSR count). The molecule has 0 atom stereocenters. The molecular weight excluding hydrogens is 224 g/mol. The number of allylic oxidation sites excluding steroid dienone is 2. The van der Waals surface area contributed by atoms with Crippen LogP contribution in [0.4, 0.5) is 0 Å². The Hall–Kier alpha value is -1.57. The molecule has 0 unspecified atom stereocenters. The minimum atomic E-state index is -0.188. The predicted molar refractivity (Wildman–Crippen MR) is 73.7 cm³/mol. The summed E-state index contributed by atoms with van der Waals surface area (Å²) < 4.78 is 5.28. The molecule has 0 aliphatic heterocycles. The summed E-state index contributed by atoms with van der Waals surface area (Å²) in [4.78, 5) is 11.3. The summed E-state index contributed by atoms with van der Waals surface area (Å²) >= 11 is 0. The van der Waals surface area contributed by atoms with Gasteiger partial charge in [0.15, 0.2) is 0 Å². The van der Waals surface area contributed by atoms with Gasteiger partial charge in [0, 0.05) is 6.42 Å². The molecule has 0 saturated carbocycles. The monoisotopic (exact) mass is 244 g/mol. The molecule has 96 valence electrons. The third-order valence-electron chi connectivity index (χ3n) is 3.58. The Morgan fingerprint density at radius 1 is 1.39 bits per heavy atom. The maximum atomic E-state index is 11.3. The Morgan fingerprint density at radius 3 is 2.78 bits per heavy atom. The first kappa shape index (κ1) is 12.9. The van der Waals surface area contributed by atoms with Crippen LogP contribution in [0.5, 0.6) is 5.75 Å². The van der Waals surface area contributed by atoms with E-state index in [-0.39, 0.29) is 11.4 Å². The highest BCUT2D eigenvalue weighted by atomic mass is 16.5. The third-order valence-corrected chi connectivity index (χ3v) is 3.58. The van der Waals surface area contributed by atoms with Crippen LogP contribution in [0.15, 0.2) is 24.3 Å². The van der Waals surface area contributed by atoms with E-state index in [9.17, 15) is 4.79 Å². The second kappa shape index (κ2) is 4.60. The Balaban J connectivity index is 2.40. The maximum Gasteiger partial charge on any atom is 0.310 e. The fraction of sp³-hybridized carbons (Fsp3) is 0.438. The average molecular weight is 244 g/mol. The van der Waals surface area contributed by atoms with Gasteiger partial charge in [-0.1, -0.05) is 32.9 Å². The number of carbonyl (C=O) groups is 1. The molecule has 0 amide bonds. The van der Waals surface area contributed by atoms with Crippen LogP contribution < -0.4 is 4.74 Å². The van der Waals surface area contributed by atoms with Crippen LogP contribution in [0.1, 0.15) is 51.7 Å². The average Bonchev–Trinajstić information content (AvgIpc) is 2.34. The number of hydrogen-bond acceptors (Lipinski definition) is 2. The quantitative estimate of drug-likeness (QED) is 0.578. The standard InChI is InChI=1S/C16H20O2/c1-5-15(17)18-12-6-7-14-13(10-12)11(2)8-9-16(14,3)4/h6-8,10H,5,9H2,1-4H3. The summed E-state index contributed by atoms with van der Waals surface area (Å²) in [6, 6.07) is 5.96. The molecule has 2 nitrogen and oxygen atoms in total. The molecule has 0 aromatic heterocycles. The van der Waals surface area contributed by atoms with E-state index in [2.05, 4.69) is 32.9 Å². The SMILES string of the molecule is CCC(=O)Oc1ccc2c(c1)C(C)=CCC2(C)C.